The standard InChI is InChI=1S/C15H22N2O2/c1-3-12-10-16-6-7-17(12)14-11(2)4-5-13-15(14)19-9-8-18-13/h4-5,12,16H,3,6-10H2,1-2H3. The molecule has 1 N–H and O–H groups in total. The third-order valence-corrected chi connectivity index (χ3v) is 3.99. The van der Waals surface area contributed by atoms with E-state index in [1.54, 1.807) is 0 Å². The Morgan fingerprint density at radius 2 is 2.16 bits per heavy atom. The fraction of sp³-hybridized carbons (Fsp3) is 0.600. The van der Waals surface area contributed by atoms with E-state index in [1.807, 2.05) is 6.07 Å². The van der Waals surface area contributed by atoms with E-state index in [2.05, 4.69) is 30.1 Å². The number of anilines is 1. The number of rotatable bonds is 2. The van der Waals surface area contributed by atoms with Crippen molar-refractivity contribution < 1.29 is 9.47 Å². The van der Waals surface area contributed by atoms with Crippen molar-refractivity contribution in [3.63, 3.8) is 0 Å². The van der Waals surface area contributed by atoms with Crippen LogP contribution in [0, 0.1) is 6.92 Å². The van der Waals surface area contributed by atoms with Crippen LogP contribution in [-0.4, -0.2) is 38.9 Å². The number of hydrogen-bond donors (Lipinski definition) is 1. The first-order chi connectivity index (χ1) is 9.31. The normalized spacial score (nSPS) is 22.4. The van der Waals surface area contributed by atoms with E-state index in [1.165, 1.54) is 11.3 Å². The van der Waals surface area contributed by atoms with Gasteiger partial charge < -0.3 is 19.7 Å². The summed E-state index contributed by atoms with van der Waals surface area (Å²) in [7, 11) is 0. The van der Waals surface area contributed by atoms with Crippen LogP contribution in [0.3, 0.4) is 0 Å². The first kappa shape index (κ1) is 12.6. The van der Waals surface area contributed by atoms with Crippen molar-refractivity contribution in [1.29, 1.82) is 0 Å². The van der Waals surface area contributed by atoms with Crippen LogP contribution >= 0.6 is 0 Å². The Balaban J connectivity index is 2.02. The van der Waals surface area contributed by atoms with Crippen LogP contribution in [0.1, 0.15) is 18.9 Å². The van der Waals surface area contributed by atoms with Crippen LogP contribution in [0.15, 0.2) is 12.1 Å². The van der Waals surface area contributed by atoms with Gasteiger partial charge in [0.15, 0.2) is 11.5 Å². The number of fused-ring (bicyclic) bond motifs is 1. The lowest BCUT2D eigenvalue weighted by atomic mass is 10.1. The Morgan fingerprint density at radius 1 is 1.32 bits per heavy atom. The Hall–Kier alpha value is -1.42. The summed E-state index contributed by atoms with van der Waals surface area (Å²) in [5, 5.41) is 3.47. The Morgan fingerprint density at radius 3 is 3.00 bits per heavy atom. The smallest absolute Gasteiger partial charge is 0.184 e. The molecule has 1 aromatic carbocycles. The van der Waals surface area contributed by atoms with Gasteiger partial charge >= 0.3 is 0 Å². The minimum absolute atomic E-state index is 0.532. The number of nitrogens with one attached hydrogen (secondary N) is 1. The lowest BCUT2D eigenvalue weighted by Gasteiger charge is -2.40. The quantitative estimate of drug-likeness (QED) is 0.883. The second kappa shape index (κ2) is 5.29. The monoisotopic (exact) mass is 262 g/mol. The summed E-state index contributed by atoms with van der Waals surface area (Å²) >= 11 is 0. The lowest BCUT2D eigenvalue weighted by molar-refractivity contribution is 0.171. The number of nitrogens with zero attached hydrogens (tertiary/aromatic N) is 1. The van der Waals surface area contributed by atoms with E-state index in [-0.39, 0.29) is 0 Å². The largest absolute Gasteiger partial charge is 0.486 e. The summed E-state index contributed by atoms with van der Waals surface area (Å²) in [6.45, 7) is 8.79. The molecule has 1 unspecified atom stereocenters. The van der Waals surface area contributed by atoms with Crippen molar-refractivity contribution in [3.05, 3.63) is 17.7 Å². The molecule has 1 aromatic rings. The number of aryl methyl sites for hydroxylation is 1. The molecular formula is C15H22N2O2. The highest BCUT2D eigenvalue weighted by molar-refractivity contribution is 5.70. The Labute approximate surface area is 114 Å². The molecule has 1 saturated heterocycles. The number of ether oxygens (including phenoxy) is 2. The van der Waals surface area contributed by atoms with Crippen LogP contribution in [0.25, 0.3) is 0 Å². The molecule has 2 aliphatic rings. The fourth-order valence-electron chi connectivity index (χ4n) is 2.98. The summed E-state index contributed by atoms with van der Waals surface area (Å²) in [6, 6.07) is 4.69. The van der Waals surface area contributed by atoms with Crippen molar-refractivity contribution in [2.75, 3.05) is 37.7 Å². The van der Waals surface area contributed by atoms with Gasteiger partial charge in [-0.2, -0.15) is 0 Å². The van der Waals surface area contributed by atoms with E-state index < -0.39 is 0 Å². The van der Waals surface area contributed by atoms with Crippen molar-refractivity contribution in [2.45, 2.75) is 26.3 Å². The molecule has 2 aliphatic heterocycles. The molecule has 0 saturated carbocycles. The molecule has 0 aliphatic carbocycles. The average molecular weight is 262 g/mol. The van der Waals surface area contributed by atoms with Crippen LogP contribution in [0.5, 0.6) is 11.5 Å². The zero-order valence-electron chi connectivity index (χ0n) is 11.7. The zero-order chi connectivity index (χ0) is 13.2. The lowest BCUT2D eigenvalue weighted by Crippen LogP contribution is -2.51. The van der Waals surface area contributed by atoms with Crippen LogP contribution in [-0.2, 0) is 0 Å². The summed E-state index contributed by atoms with van der Waals surface area (Å²) in [5.74, 6) is 1.83. The molecular weight excluding hydrogens is 240 g/mol. The van der Waals surface area contributed by atoms with Crippen LogP contribution < -0.4 is 19.7 Å². The van der Waals surface area contributed by atoms with Crippen molar-refractivity contribution >= 4 is 5.69 Å². The Bertz CT molecular complexity index is 462. The highest BCUT2D eigenvalue weighted by atomic mass is 16.6. The molecule has 19 heavy (non-hydrogen) atoms. The van der Waals surface area contributed by atoms with Crippen LogP contribution in [0.2, 0.25) is 0 Å². The highest BCUT2D eigenvalue weighted by Crippen LogP contribution is 2.43. The topological polar surface area (TPSA) is 33.7 Å². The van der Waals surface area contributed by atoms with E-state index in [0.29, 0.717) is 19.3 Å². The molecule has 1 atom stereocenters. The number of benzene rings is 1. The third-order valence-electron chi connectivity index (χ3n) is 3.99. The van der Waals surface area contributed by atoms with E-state index in [4.69, 9.17) is 9.47 Å². The molecule has 2 heterocycles. The molecule has 1 fully saturated rings. The van der Waals surface area contributed by atoms with Gasteiger partial charge in [-0.05, 0) is 25.0 Å². The SMILES string of the molecule is CCC1CNCCN1c1c(C)ccc2c1OCCO2. The third kappa shape index (κ3) is 2.25. The molecule has 0 amide bonds. The maximum atomic E-state index is 5.89. The number of piperazine rings is 1. The first-order valence-corrected chi connectivity index (χ1v) is 7.18. The maximum Gasteiger partial charge on any atom is 0.184 e. The van der Waals surface area contributed by atoms with E-state index >= 15 is 0 Å². The van der Waals surface area contributed by atoms with Gasteiger partial charge in [0.1, 0.15) is 13.2 Å². The molecule has 0 bridgehead atoms. The predicted molar refractivity (Wildman–Crippen MR) is 76.5 cm³/mol. The van der Waals surface area contributed by atoms with Gasteiger partial charge in [-0.3, -0.25) is 0 Å². The summed E-state index contributed by atoms with van der Waals surface area (Å²) < 4.78 is 11.6. The summed E-state index contributed by atoms with van der Waals surface area (Å²) in [4.78, 5) is 2.49. The molecule has 3 rings (SSSR count). The molecule has 0 radical (unpaired) electrons. The van der Waals surface area contributed by atoms with Gasteiger partial charge in [0.05, 0.1) is 5.69 Å². The second-order valence-electron chi connectivity index (χ2n) is 5.21. The molecule has 0 aromatic heterocycles. The zero-order valence-corrected chi connectivity index (χ0v) is 11.7. The van der Waals surface area contributed by atoms with Gasteiger partial charge in [-0.15, -0.1) is 0 Å². The van der Waals surface area contributed by atoms with Gasteiger partial charge in [0.2, 0.25) is 0 Å². The van der Waals surface area contributed by atoms with Gasteiger partial charge in [-0.25, -0.2) is 0 Å². The molecule has 104 valence electrons. The minimum Gasteiger partial charge on any atom is -0.486 e. The van der Waals surface area contributed by atoms with Crippen molar-refractivity contribution in [2.24, 2.45) is 0 Å². The summed E-state index contributed by atoms with van der Waals surface area (Å²) in [5.41, 5.74) is 2.50. The van der Waals surface area contributed by atoms with Gasteiger partial charge in [0.25, 0.3) is 0 Å². The summed E-state index contributed by atoms with van der Waals surface area (Å²) in [6.07, 6.45) is 1.14. The predicted octanol–water partition coefficient (Wildman–Crippen LogP) is 1.95. The van der Waals surface area contributed by atoms with Gasteiger partial charge in [-0.1, -0.05) is 13.0 Å². The van der Waals surface area contributed by atoms with Crippen molar-refractivity contribution in [3.8, 4) is 11.5 Å². The van der Waals surface area contributed by atoms with Crippen molar-refractivity contribution in [1.82, 2.24) is 5.32 Å². The van der Waals surface area contributed by atoms with Gasteiger partial charge in [0, 0.05) is 25.7 Å². The molecule has 4 heteroatoms. The molecule has 4 nitrogen and oxygen atoms in total. The first-order valence-electron chi connectivity index (χ1n) is 7.18. The maximum absolute atomic E-state index is 5.89. The van der Waals surface area contributed by atoms with E-state index in [9.17, 15) is 0 Å². The highest BCUT2D eigenvalue weighted by Gasteiger charge is 2.28. The molecule has 0 spiro atoms. The second-order valence-corrected chi connectivity index (χ2v) is 5.21. The van der Waals surface area contributed by atoms with E-state index in [0.717, 1.165) is 37.6 Å². The average Bonchev–Trinajstić information content (AvgIpc) is 2.47. The number of hydrogen-bond acceptors (Lipinski definition) is 4. The van der Waals surface area contributed by atoms with Crippen LogP contribution in [0.4, 0.5) is 5.69 Å². The minimum atomic E-state index is 0.532. The Kier molecular flexibility index (Phi) is 3.51. The fourth-order valence-corrected chi connectivity index (χ4v) is 2.98.